The fourth-order valence-corrected chi connectivity index (χ4v) is 3.94. The first-order valence-corrected chi connectivity index (χ1v) is 9.87. The lowest BCUT2D eigenvalue weighted by molar-refractivity contribution is -0.387. The minimum absolute atomic E-state index is 0.0270. The number of amides is 1. The van der Waals surface area contributed by atoms with Crippen LogP contribution in [0.4, 0.5) is 5.69 Å². The highest BCUT2D eigenvalue weighted by Crippen LogP contribution is 2.31. The maximum Gasteiger partial charge on any atom is 0.283 e. The number of nitriles is 1. The summed E-state index contributed by atoms with van der Waals surface area (Å²) in [5.74, 6) is 0.194. The van der Waals surface area contributed by atoms with Crippen LogP contribution in [0.15, 0.2) is 47.4 Å². The number of nitro benzene ring substituents is 1. The largest absolute Gasteiger partial charge is 0.339 e. The van der Waals surface area contributed by atoms with E-state index in [9.17, 15) is 14.9 Å². The second kappa shape index (κ2) is 8.23. The molecule has 0 atom stereocenters. The van der Waals surface area contributed by atoms with Crippen molar-refractivity contribution < 1.29 is 9.72 Å². The smallest absolute Gasteiger partial charge is 0.283 e. The monoisotopic (exact) mass is 381 g/mol. The molecule has 1 aliphatic heterocycles. The number of likely N-dealkylation sites (tertiary alicyclic amines) is 1. The zero-order valence-electron chi connectivity index (χ0n) is 14.9. The van der Waals surface area contributed by atoms with Gasteiger partial charge in [0.25, 0.3) is 11.6 Å². The highest BCUT2D eigenvalue weighted by Gasteiger charge is 2.26. The molecular weight excluding hydrogens is 362 g/mol. The summed E-state index contributed by atoms with van der Waals surface area (Å²) in [6, 6.07) is 14.4. The molecule has 2 aromatic rings. The van der Waals surface area contributed by atoms with Gasteiger partial charge in [-0.3, -0.25) is 14.9 Å². The van der Waals surface area contributed by atoms with Crippen LogP contribution in [-0.2, 0) is 0 Å². The van der Waals surface area contributed by atoms with Gasteiger partial charge >= 0.3 is 0 Å². The standard InChI is InChI=1S/C20H19N3O3S/c1-27-19-7-6-17(12-18(19)23(25)26)20(24)22-10-8-16(9-11-22)15-4-2-14(13-21)3-5-15/h2-7,12,16H,8-11H2,1H3. The number of thioether (sulfide) groups is 1. The van der Waals surface area contributed by atoms with Gasteiger partial charge in [0.05, 0.1) is 21.5 Å². The zero-order chi connectivity index (χ0) is 19.4. The van der Waals surface area contributed by atoms with Crippen LogP contribution in [0.3, 0.4) is 0 Å². The van der Waals surface area contributed by atoms with Crippen LogP contribution < -0.4 is 0 Å². The van der Waals surface area contributed by atoms with Gasteiger partial charge in [-0.05, 0) is 54.8 Å². The van der Waals surface area contributed by atoms with Gasteiger partial charge in [0.1, 0.15) is 0 Å². The molecule has 0 N–H and O–H groups in total. The summed E-state index contributed by atoms with van der Waals surface area (Å²) < 4.78 is 0. The molecule has 2 aromatic carbocycles. The minimum atomic E-state index is -0.445. The predicted molar refractivity (Wildman–Crippen MR) is 104 cm³/mol. The van der Waals surface area contributed by atoms with E-state index >= 15 is 0 Å². The number of benzene rings is 2. The summed E-state index contributed by atoms with van der Waals surface area (Å²) in [5, 5.41) is 20.1. The fourth-order valence-electron chi connectivity index (χ4n) is 3.39. The van der Waals surface area contributed by atoms with Gasteiger partial charge in [0.15, 0.2) is 0 Å². The van der Waals surface area contributed by atoms with E-state index in [2.05, 4.69) is 6.07 Å². The van der Waals surface area contributed by atoms with Crippen molar-refractivity contribution in [2.45, 2.75) is 23.7 Å². The molecule has 0 aliphatic carbocycles. The van der Waals surface area contributed by atoms with E-state index < -0.39 is 4.92 Å². The van der Waals surface area contributed by atoms with Crippen LogP contribution >= 0.6 is 11.8 Å². The van der Waals surface area contributed by atoms with Gasteiger partial charge in [0.2, 0.25) is 0 Å². The number of rotatable bonds is 4. The Morgan fingerprint density at radius 3 is 2.44 bits per heavy atom. The molecule has 0 unspecified atom stereocenters. The molecule has 6 nitrogen and oxygen atoms in total. The summed E-state index contributed by atoms with van der Waals surface area (Å²) in [4.78, 5) is 25.9. The summed E-state index contributed by atoms with van der Waals surface area (Å²) in [6.07, 6.45) is 3.45. The van der Waals surface area contributed by atoms with E-state index in [0.29, 0.717) is 35.0 Å². The molecule has 27 heavy (non-hydrogen) atoms. The maximum absolute atomic E-state index is 12.8. The zero-order valence-corrected chi connectivity index (χ0v) is 15.7. The SMILES string of the molecule is CSc1ccc(C(=O)N2CCC(c3ccc(C#N)cc3)CC2)cc1[N+](=O)[O-]. The molecule has 0 radical (unpaired) electrons. The van der Waals surface area contributed by atoms with Crippen molar-refractivity contribution in [1.29, 1.82) is 5.26 Å². The summed E-state index contributed by atoms with van der Waals surface area (Å²) in [6.45, 7) is 1.23. The van der Waals surface area contributed by atoms with E-state index in [1.165, 1.54) is 23.4 Å². The fraction of sp³-hybridized carbons (Fsp3) is 0.300. The third-order valence-corrected chi connectivity index (χ3v) is 5.70. The molecule has 3 rings (SSSR count). The Bertz CT molecular complexity index is 898. The molecule has 1 saturated heterocycles. The molecule has 1 fully saturated rings. The molecule has 7 heteroatoms. The lowest BCUT2D eigenvalue weighted by atomic mass is 9.89. The number of hydrogen-bond acceptors (Lipinski definition) is 5. The summed E-state index contributed by atoms with van der Waals surface area (Å²) in [5.41, 5.74) is 2.15. The first-order valence-electron chi connectivity index (χ1n) is 8.65. The van der Waals surface area contributed by atoms with Crippen molar-refractivity contribution in [3.05, 3.63) is 69.3 Å². The van der Waals surface area contributed by atoms with E-state index in [4.69, 9.17) is 5.26 Å². The van der Waals surface area contributed by atoms with Crippen molar-refractivity contribution in [2.24, 2.45) is 0 Å². The summed E-state index contributed by atoms with van der Waals surface area (Å²) >= 11 is 1.29. The predicted octanol–water partition coefficient (Wildman–Crippen LogP) is 4.21. The Morgan fingerprint density at radius 2 is 1.89 bits per heavy atom. The average molecular weight is 381 g/mol. The topological polar surface area (TPSA) is 87.2 Å². The first kappa shape index (κ1) is 18.9. The second-order valence-electron chi connectivity index (χ2n) is 6.44. The second-order valence-corrected chi connectivity index (χ2v) is 7.29. The normalized spacial score (nSPS) is 14.6. The highest BCUT2D eigenvalue weighted by molar-refractivity contribution is 7.98. The number of nitro groups is 1. The lowest BCUT2D eigenvalue weighted by Gasteiger charge is -2.32. The number of hydrogen-bond donors (Lipinski definition) is 0. The van der Waals surface area contributed by atoms with Crippen LogP contribution in [0, 0.1) is 21.4 Å². The Balaban J connectivity index is 1.68. The average Bonchev–Trinajstić information content (AvgIpc) is 2.73. The molecule has 0 saturated carbocycles. The van der Waals surface area contributed by atoms with E-state index in [1.54, 1.807) is 23.3 Å². The third kappa shape index (κ3) is 4.12. The third-order valence-electron chi connectivity index (χ3n) is 4.92. The van der Waals surface area contributed by atoms with Crippen LogP contribution in [0.2, 0.25) is 0 Å². The molecule has 138 valence electrons. The van der Waals surface area contributed by atoms with E-state index in [-0.39, 0.29) is 11.6 Å². The lowest BCUT2D eigenvalue weighted by Crippen LogP contribution is -2.37. The molecule has 0 aromatic heterocycles. The Labute approximate surface area is 161 Å². The first-order chi connectivity index (χ1) is 13.0. The van der Waals surface area contributed by atoms with Gasteiger partial charge in [-0.1, -0.05) is 12.1 Å². The molecule has 0 spiro atoms. The van der Waals surface area contributed by atoms with Crippen molar-refractivity contribution in [2.75, 3.05) is 19.3 Å². The Kier molecular flexibility index (Phi) is 5.77. The molecule has 1 amide bonds. The van der Waals surface area contributed by atoms with Gasteiger partial charge in [-0.2, -0.15) is 5.26 Å². The van der Waals surface area contributed by atoms with Crippen LogP contribution in [0.25, 0.3) is 0 Å². The van der Waals surface area contributed by atoms with Crippen LogP contribution in [-0.4, -0.2) is 35.1 Å². The Hall–Kier alpha value is -2.85. The molecular formula is C20H19N3O3S. The van der Waals surface area contributed by atoms with Gasteiger partial charge in [-0.15, -0.1) is 11.8 Å². The minimum Gasteiger partial charge on any atom is -0.339 e. The Morgan fingerprint density at radius 1 is 1.22 bits per heavy atom. The van der Waals surface area contributed by atoms with Crippen molar-refractivity contribution >= 4 is 23.4 Å². The van der Waals surface area contributed by atoms with Crippen molar-refractivity contribution in [1.82, 2.24) is 4.90 Å². The van der Waals surface area contributed by atoms with Gasteiger partial charge in [-0.25, -0.2) is 0 Å². The summed E-state index contributed by atoms with van der Waals surface area (Å²) in [7, 11) is 0. The van der Waals surface area contributed by atoms with Gasteiger partial charge in [0, 0.05) is 24.7 Å². The number of piperidine rings is 1. The van der Waals surface area contributed by atoms with E-state index in [1.807, 2.05) is 24.3 Å². The van der Waals surface area contributed by atoms with Crippen molar-refractivity contribution in [3.8, 4) is 6.07 Å². The number of nitrogens with zero attached hydrogens (tertiary/aromatic N) is 3. The number of carbonyl (C=O) groups excluding carboxylic acids is 1. The molecule has 0 bridgehead atoms. The molecule has 1 aliphatic rings. The maximum atomic E-state index is 12.8. The van der Waals surface area contributed by atoms with Gasteiger partial charge < -0.3 is 4.90 Å². The molecule has 1 heterocycles. The number of carbonyl (C=O) groups is 1. The highest BCUT2D eigenvalue weighted by atomic mass is 32.2. The van der Waals surface area contributed by atoms with Crippen LogP contribution in [0.5, 0.6) is 0 Å². The van der Waals surface area contributed by atoms with E-state index in [0.717, 1.165) is 12.8 Å². The van der Waals surface area contributed by atoms with Crippen molar-refractivity contribution in [3.63, 3.8) is 0 Å². The quantitative estimate of drug-likeness (QED) is 0.450. The van der Waals surface area contributed by atoms with Crippen LogP contribution in [0.1, 0.15) is 40.2 Å².